The van der Waals surface area contributed by atoms with E-state index in [4.69, 9.17) is 9.52 Å². The molecule has 1 heterocycles. The number of aromatic nitrogens is 2. The Morgan fingerprint density at radius 1 is 1.04 bits per heavy atom. The van der Waals surface area contributed by atoms with Crippen molar-refractivity contribution in [1.82, 2.24) is 15.5 Å². The van der Waals surface area contributed by atoms with Gasteiger partial charge in [-0.2, -0.15) is 0 Å². The van der Waals surface area contributed by atoms with Crippen molar-refractivity contribution < 1.29 is 9.52 Å². The van der Waals surface area contributed by atoms with Crippen LogP contribution in [0.2, 0.25) is 0 Å². The molecule has 0 fully saturated rings. The van der Waals surface area contributed by atoms with Crippen LogP contribution < -0.4 is 5.32 Å². The largest absolute Gasteiger partial charge is 0.419 e. The van der Waals surface area contributed by atoms with Crippen LogP contribution in [-0.4, -0.2) is 21.9 Å². The number of aliphatic hydroxyl groups excluding tert-OH is 1. The third-order valence-electron chi connectivity index (χ3n) is 4.19. The van der Waals surface area contributed by atoms with Gasteiger partial charge in [0.05, 0.1) is 6.54 Å². The van der Waals surface area contributed by atoms with Crippen molar-refractivity contribution in [3.8, 4) is 11.5 Å². The maximum Gasteiger partial charge on any atom is 0.248 e. The van der Waals surface area contributed by atoms with Crippen molar-refractivity contribution in [3.05, 3.63) is 71.6 Å². The second-order valence-electron chi connectivity index (χ2n) is 6.03. The van der Waals surface area contributed by atoms with E-state index in [0.29, 0.717) is 18.3 Å². The number of rotatable bonds is 8. The summed E-state index contributed by atoms with van der Waals surface area (Å²) < 4.78 is 5.81. The molecule has 0 aliphatic heterocycles. The van der Waals surface area contributed by atoms with Crippen LogP contribution in [0.15, 0.2) is 59.0 Å². The molecule has 3 rings (SSSR count). The van der Waals surface area contributed by atoms with E-state index < -0.39 is 0 Å². The summed E-state index contributed by atoms with van der Waals surface area (Å²) >= 11 is 0. The number of nitrogens with zero attached hydrogens (tertiary/aromatic N) is 2. The van der Waals surface area contributed by atoms with E-state index in [0.717, 1.165) is 24.0 Å². The molecule has 2 N–H and O–H groups in total. The molecule has 3 aromatic rings. The molecule has 1 atom stereocenters. The van der Waals surface area contributed by atoms with Crippen molar-refractivity contribution in [2.75, 3.05) is 6.61 Å². The van der Waals surface area contributed by atoms with Crippen LogP contribution in [0.25, 0.3) is 11.5 Å². The summed E-state index contributed by atoms with van der Waals surface area (Å²) in [7, 11) is 0. The van der Waals surface area contributed by atoms with Crippen LogP contribution in [0.5, 0.6) is 0 Å². The van der Waals surface area contributed by atoms with Gasteiger partial charge in [-0.15, -0.1) is 10.2 Å². The molecule has 5 heteroatoms. The topological polar surface area (TPSA) is 71.2 Å². The predicted octanol–water partition coefficient (Wildman–Crippen LogP) is 3.65. The highest BCUT2D eigenvalue weighted by molar-refractivity contribution is 5.57. The Morgan fingerprint density at radius 2 is 1.80 bits per heavy atom. The van der Waals surface area contributed by atoms with E-state index in [9.17, 15) is 0 Å². The zero-order valence-corrected chi connectivity index (χ0v) is 14.4. The SMILES string of the molecule is Cc1ccccc1-c1nnc(CNC(CCCO)c2ccccc2)o1. The van der Waals surface area contributed by atoms with E-state index in [1.807, 2.05) is 49.4 Å². The Bertz CT molecular complexity index is 786. The third-order valence-corrected chi connectivity index (χ3v) is 4.19. The summed E-state index contributed by atoms with van der Waals surface area (Å²) in [5, 5.41) is 20.9. The van der Waals surface area contributed by atoms with Crippen LogP contribution in [0, 0.1) is 6.92 Å². The molecular weight excluding hydrogens is 314 g/mol. The Kier molecular flexibility index (Phi) is 5.93. The highest BCUT2D eigenvalue weighted by Gasteiger charge is 2.14. The Labute approximate surface area is 147 Å². The Balaban J connectivity index is 1.68. The second kappa shape index (κ2) is 8.55. The summed E-state index contributed by atoms with van der Waals surface area (Å²) in [6, 6.07) is 18.3. The standard InChI is InChI=1S/C20H23N3O2/c1-15-8-5-6-11-17(15)20-23-22-19(25-20)14-21-18(12-7-13-24)16-9-3-2-4-10-16/h2-6,8-11,18,21,24H,7,12-14H2,1H3. The molecule has 1 unspecified atom stereocenters. The molecule has 0 bridgehead atoms. The van der Waals surface area contributed by atoms with Gasteiger partial charge in [0.15, 0.2) is 0 Å². The molecule has 0 saturated carbocycles. The molecular formula is C20H23N3O2. The number of aryl methyl sites for hydroxylation is 1. The van der Waals surface area contributed by atoms with Gasteiger partial charge in [-0.3, -0.25) is 0 Å². The van der Waals surface area contributed by atoms with E-state index in [1.165, 1.54) is 5.56 Å². The van der Waals surface area contributed by atoms with Gasteiger partial charge in [0, 0.05) is 18.2 Å². The number of aliphatic hydroxyl groups is 1. The Hall–Kier alpha value is -2.50. The number of benzene rings is 2. The lowest BCUT2D eigenvalue weighted by atomic mass is 10.0. The van der Waals surface area contributed by atoms with Gasteiger partial charge in [-0.05, 0) is 37.0 Å². The van der Waals surface area contributed by atoms with Crippen molar-refractivity contribution in [2.24, 2.45) is 0 Å². The summed E-state index contributed by atoms with van der Waals surface area (Å²) in [6.45, 7) is 2.70. The minimum absolute atomic E-state index is 0.141. The molecule has 0 amide bonds. The fraction of sp³-hybridized carbons (Fsp3) is 0.300. The van der Waals surface area contributed by atoms with E-state index in [1.54, 1.807) is 0 Å². The maximum atomic E-state index is 9.13. The lowest BCUT2D eigenvalue weighted by Gasteiger charge is -2.17. The lowest BCUT2D eigenvalue weighted by molar-refractivity contribution is 0.274. The molecule has 2 aromatic carbocycles. The second-order valence-corrected chi connectivity index (χ2v) is 6.03. The minimum Gasteiger partial charge on any atom is -0.419 e. The van der Waals surface area contributed by atoms with Crippen LogP contribution in [-0.2, 0) is 6.54 Å². The predicted molar refractivity (Wildman–Crippen MR) is 96.8 cm³/mol. The lowest BCUT2D eigenvalue weighted by Crippen LogP contribution is -2.21. The molecule has 0 aliphatic carbocycles. The van der Waals surface area contributed by atoms with Crippen LogP contribution in [0.4, 0.5) is 0 Å². The number of hydrogen-bond acceptors (Lipinski definition) is 5. The normalized spacial score (nSPS) is 12.2. The summed E-state index contributed by atoms with van der Waals surface area (Å²) in [6.07, 6.45) is 1.59. The van der Waals surface area contributed by atoms with Crippen molar-refractivity contribution in [2.45, 2.75) is 32.4 Å². The van der Waals surface area contributed by atoms with Gasteiger partial charge in [-0.25, -0.2) is 0 Å². The fourth-order valence-electron chi connectivity index (χ4n) is 2.82. The zero-order chi connectivity index (χ0) is 17.5. The molecule has 0 spiro atoms. The monoisotopic (exact) mass is 337 g/mol. The quantitative estimate of drug-likeness (QED) is 0.656. The summed E-state index contributed by atoms with van der Waals surface area (Å²) in [5.41, 5.74) is 3.26. The van der Waals surface area contributed by atoms with Crippen molar-refractivity contribution >= 4 is 0 Å². The van der Waals surface area contributed by atoms with Gasteiger partial charge in [0.1, 0.15) is 0 Å². The van der Waals surface area contributed by atoms with E-state index in [2.05, 4.69) is 27.6 Å². The Morgan fingerprint density at radius 3 is 2.56 bits per heavy atom. The van der Waals surface area contributed by atoms with Gasteiger partial charge < -0.3 is 14.8 Å². The average molecular weight is 337 g/mol. The highest BCUT2D eigenvalue weighted by atomic mass is 16.4. The highest BCUT2D eigenvalue weighted by Crippen LogP contribution is 2.22. The molecule has 1 aromatic heterocycles. The molecule has 25 heavy (non-hydrogen) atoms. The minimum atomic E-state index is 0.141. The first-order valence-corrected chi connectivity index (χ1v) is 8.55. The van der Waals surface area contributed by atoms with Crippen LogP contribution in [0.3, 0.4) is 0 Å². The summed E-state index contributed by atoms with van der Waals surface area (Å²) in [5.74, 6) is 1.10. The first kappa shape index (κ1) is 17.3. The number of hydrogen-bond donors (Lipinski definition) is 2. The molecule has 0 aliphatic rings. The molecule has 0 radical (unpaired) electrons. The molecule has 0 saturated heterocycles. The van der Waals surface area contributed by atoms with Gasteiger partial charge >= 0.3 is 0 Å². The van der Waals surface area contributed by atoms with Crippen LogP contribution >= 0.6 is 0 Å². The van der Waals surface area contributed by atoms with Gasteiger partial charge in [0.2, 0.25) is 11.8 Å². The van der Waals surface area contributed by atoms with Gasteiger partial charge in [-0.1, -0.05) is 48.5 Å². The van der Waals surface area contributed by atoms with Crippen LogP contribution in [0.1, 0.15) is 35.9 Å². The smallest absolute Gasteiger partial charge is 0.248 e. The van der Waals surface area contributed by atoms with Crippen molar-refractivity contribution in [3.63, 3.8) is 0 Å². The van der Waals surface area contributed by atoms with Gasteiger partial charge in [0.25, 0.3) is 0 Å². The zero-order valence-electron chi connectivity index (χ0n) is 14.4. The van der Waals surface area contributed by atoms with E-state index >= 15 is 0 Å². The third kappa shape index (κ3) is 4.53. The maximum absolute atomic E-state index is 9.13. The summed E-state index contributed by atoms with van der Waals surface area (Å²) in [4.78, 5) is 0. The number of nitrogens with one attached hydrogen (secondary N) is 1. The van der Waals surface area contributed by atoms with Crippen molar-refractivity contribution in [1.29, 1.82) is 0 Å². The molecule has 5 nitrogen and oxygen atoms in total. The first-order chi connectivity index (χ1) is 12.3. The first-order valence-electron chi connectivity index (χ1n) is 8.55. The van der Waals surface area contributed by atoms with E-state index in [-0.39, 0.29) is 12.6 Å². The average Bonchev–Trinajstić information content (AvgIpc) is 3.12. The fourth-order valence-corrected chi connectivity index (χ4v) is 2.82. The molecule has 130 valence electrons.